The quantitative estimate of drug-likeness (QED) is 0.703. The van der Waals surface area contributed by atoms with Crippen molar-refractivity contribution in [3.8, 4) is 5.75 Å². The largest absolute Gasteiger partial charge is 0.497 e. The summed E-state index contributed by atoms with van der Waals surface area (Å²) < 4.78 is 12.7. The second kappa shape index (κ2) is 7.17. The summed E-state index contributed by atoms with van der Waals surface area (Å²) in [5.74, 6) is -0.191. The molecule has 1 N–H and O–H groups in total. The second-order valence-electron chi connectivity index (χ2n) is 6.57. The van der Waals surface area contributed by atoms with Gasteiger partial charge in [0, 0.05) is 5.39 Å². The highest BCUT2D eigenvalue weighted by atomic mass is 16.5. The van der Waals surface area contributed by atoms with Gasteiger partial charge in [0.2, 0.25) is 0 Å². The van der Waals surface area contributed by atoms with Crippen molar-refractivity contribution in [2.45, 2.75) is 32.6 Å². The summed E-state index contributed by atoms with van der Waals surface area (Å²) in [4.78, 5) is 11.2. The van der Waals surface area contributed by atoms with Crippen LogP contribution in [0, 0.1) is 0 Å². The molecule has 3 aromatic rings. The van der Waals surface area contributed by atoms with Crippen LogP contribution >= 0.6 is 0 Å². The fraction of sp³-hybridized carbons (Fsp3) is 0.300. The van der Waals surface area contributed by atoms with Crippen LogP contribution in [0.4, 0.5) is 0 Å². The van der Waals surface area contributed by atoms with E-state index in [1.807, 2.05) is 53.2 Å². The Balaban J connectivity index is 1.88. The third-order valence-electron chi connectivity index (χ3n) is 4.31. The summed E-state index contributed by atoms with van der Waals surface area (Å²) in [7, 11) is 1.64. The first-order chi connectivity index (χ1) is 12.4. The Morgan fingerprint density at radius 3 is 2.50 bits per heavy atom. The summed E-state index contributed by atoms with van der Waals surface area (Å²) in [5.41, 5.74) is 1.54. The van der Waals surface area contributed by atoms with Crippen molar-refractivity contribution in [2.24, 2.45) is 0 Å². The molecule has 1 aromatic heterocycles. The Labute approximate surface area is 152 Å². The van der Waals surface area contributed by atoms with Gasteiger partial charge >= 0.3 is 5.97 Å². The average molecular weight is 354 g/mol. The van der Waals surface area contributed by atoms with Gasteiger partial charge in [-0.15, -0.1) is 0 Å². The van der Waals surface area contributed by atoms with Gasteiger partial charge in [0.25, 0.3) is 0 Å². The van der Waals surface area contributed by atoms with Crippen molar-refractivity contribution in [2.75, 3.05) is 7.11 Å². The van der Waals surface area contributed by atoms with E-state index in [9.17, 15) is 9.90 Å². The number of rotatable bonds is 7. The summed E-state index contributed by atoms with van der Waals surface area (Å²) in [5, 5.41) is 14.8. The molecule has 0 aliphatic heterocycles. The van der Waals surface area contributed by atoms with Crippen LogP contribution < -0.4 is 4.74 Å². The van der Waals surface area contributed by atoms with Gasteiger partial charge in [0.15, 0.2) is 5.60 Å². The fourth-order valence-corrected chi connectivity index (χ4v) is 2.64. The molecule has 0 amide bonds. The van der Waals surface area contributed by atoms with Gasteiger partial charge in [-0.2, -0.15) is 5.10 Å². The van der Waals surface area contributed by atoms with Gasteiger partial charge in [0.05, 0.1) is 31.5 Å². The molecule has 0 atom stereocenters. The normalized spacial score (nSPS) is 11.7. The van der Waals surface area contributed by atoms with Gasteiger partial charge in [-0.05, 0) is 37.6 Å². The smallest absolute Gasteiger partial charge is 0.335 e. The molecule has 0 fully saturated rings. The molecule has 0 aliphatic carbocycles. The Bertz CT molecular complexity index is 913. The lowest BCUT2D eigenvalue weighted by Gasteiger charge is -2.19. The van der Waals surface area contributed by atoms with Crippen LogP contribution in [-0.4, -0.2) is 33.6 Å². The van der Waals surface area contributed by atoms with E-state index < -0.39 is 11.6 Å². The number of carbonyl (C=O) groups is 1. The van der Waals surface area contributed by atoms with Crippen molar-refractivity contribution in [3.63, 3.8) is 0 Å². The van der Waals surface area contributed by atoms with Crippen molar-refractivity contribution in [1.29, 1.82) is 0 Å². The van der Waals surface area contributed by atoms with Crippen molar-refractivity contribution < 1.29 is 19.4 Å². The van der Waals surface area contributed by atoms with E-state index in [2.05, 4.69) is 5.10 Å². The number of carboxylic acids is 1. The monoisotopic (exact) mass is 354 g/mol. The number of aromatic nitrogens is 2. The van der Waals surface area contributed by atoms with Crippen molar-refractivity contribution >= 4 is 16.9 Å². The number of methoxy groups -OCH3 is 1. The lowest BCUT2D eigenvalue weighted by molar-refractivity contribution is -0.162. The van der Waals surface area contributed by atoms with Gasteiger partial charge in [-0.1, -0.05) is 30.3 Å². The number of nitrogens with zero attached hydrogens (tertiary/aromatic N) is 2. The molecule has 0 spiro atoms. The van der Waals surface area contributed by atoms with E-state index in [1.165, 1.54) is 13.8 Å². The predicted octanol–water partition coefficient (Wildman–Crippen LogP) is 3.47. The highest BCUT2D eigenvalue weighted by molar-refractivity contribution is 5.82. The molecule has 2 aromatic carbocycles. The van der Waals surface area contributed by atoms with Crippen LogP contribution in [0.1, 0.15) is 25.1 Å². The fourth-order valence-electron chi connectivity index (χ4n) is 2.64. The first-order valence-corrected chi connectivity index (χ1v) is 8.35. The molecule has 3 rings (SSSR count). The van der Waals surface area contributed by atoms with Gasteiger partial charge < -0.3 is 14.6 Å². The number of ether oxygens (including phenoxy) is 2. The molecule has 26 heavy (non-hydrogen) atoms. The summed E-state index contributed by atoms with van der Waals surface area (Å²) >= 11 is 0. The zero-order valence-electron chi connectivity index (χ0n) is 15.1. The topological polar surface area (TPSA) is 73.6 Å². The summed E-state index contributed by atoms with van der Waals surface area (Å²) in [6.07, 6.45) is 0. The van der Waals surface area contributed by atoms with E-state index in [0.717, 1.165) is 27.9 Å². The molecule has 6 heteroatoms. The lowest BCUT2D eigenvalue weighted by atomic mass is 10.1. The minimum Gasteiger partial charge on any atom is -0.497 e. The van der Waals surface area contributed by atoms with Crippen molar-refractivity contribution in [3.05, 3.63) is 59.8 Å². The van der Waals surface area contributed by atoms with E-state index in [-0.39, 0.29) is 6.61 Å². The molecule has 0 radical (unpaired) electrons. The van der Waals surface area contributed by atoms with Crippen LogP contribution in [0.15, 0.2) is 48.5 Å². The van der Waals surface area contributed by atoms with E-state index in [0.29, 0.717) is 6.54 Å². The molecule has 1 heterocycles. The van der Waals surface area contributed by atoms with Crippen LogP contribution in [0.5, 0.6) is 5.75 Å². The zero-order chi connectivity index (χ0) is 18.7. The number of aliphatic carboxylic acids is 1. The number of para-hydroxylation sites is 1. The standard InChI is InChI=1S/C20H22N2O4/c1-20(2,19(23)24)26-13-17-16-6-4-5-7-18(16)22(21-17)12-14-8-10-15(25-3)11-9-14/h4-11H,12-13H2,1-3H3,(H,23,24). The Kier molecular flexibility index (Phi) is 4.95. The zero-order valence-corrected chi connectivity index (χ0v) is 15.1. The van der Waals surface area contributed by atoms with Crippen LogP contribution in [-0.2, 0) is 22.7 Å². The Hall–Kier alpha value is -2.86. The molecular weight excluding hydrogens is 332 g/mol. The maximum Gasteiger partial charge on any atom is 0.335 e. The first kappa shape index (κ1) is 17.9. The predicted molar refractivity (Wildman–Crippen MR) is 98.3 cm³/mol. The highest BCUT2D eigenvalue weighted by Gasteiger charge is 2.28. The SMILES string of the molecule is COc1ccc(Cn2nc(COC(C)(C)C(=O)O)c3ccccc32)cc1. The molecule has 136 valence electrons. The molecule has 0 saturated heterocycles. The average Bonchev–Trinajstić information content (AvgIpc) is 2.98. The Morgan fingerprint density at radius 1 is 1.15 bits per heavy atom. The van der Waals surface area contributed by atoms with Gasteiger partial charge in [0.1, 0.15) is 5.75 Å². The van der Waals surface area contributed by atoms with E-state index >= 15 is 0 Å². The van der Waals surface area contributed by atoms with Crippen molar-refractivity contribution in [1.82, 2.24) is 9.78 Å². The van der Waals surface area contributed by atoms with Gasteiger partial charge in [-0.25, -0.2) is 4.79 Å². The number of hydrogen-bond acceptors (Lipinski definition) is 4. The maximum atomic E-state index is 11.2. The number of benzene rings is 2. The minimum atomic E-state index is -1.26. The van der Waals surface area contributed by atoms with Gasteiger partial charge in [-0.3, -0.25) is 4.68 Å². The van der Waals surface area contributed by atoms with E-state index in [1.54, 1.807) is 7.11 Å². The number of carboxylic acid groups (broad SMARTS) is 1. The third kappa shape index (κ3) is 3.70. The second-order valence-corrected chi connectivity index (χ2v) is 6.57. The lowest BCUT2D eigenvalue weighted by Crippen LogP contribution is -2.34. The molecule has 6 nitrogen and oxygen atoms in total. The van der Waals surface area contributed by atoms with Crippen LogP contribution in [0.25, 0.3) is 10.9 Å². The third-order valence-corrected chi connectivity index (χ3v) is 4.31. The molecule has 0 aliphatic rings. The molecule has 0 saturated carbocycles. The first-order valence-electron chi connectivity index (χ1n) is 8.35. The summed E-state index contributed by atoms with van der Waals surface area (Å²) in [6.45, 7) is 3.81. The van der Waals surface area contributed by atoms with Crippen LogP contribution in [0.3, 0.4) is 0 Å². The summed E-state index contributed by atoms with van der Waals surface area (Å²) in [6, 6.07) is 15.7. The van der Waals surface area contributed by atoms with Crippen LogP contribution in [0.2, 0.25) is 0 Å². The Morgan fingerprint density at radius 2 is 1.85 bits per heavy atom. The molecule has 0 bridgehead atoms. The minimum absolute atomic E-state index is 0.134. The highest BCUT2D eigenvalue weighted by Crippen LogP contribution is 2.23. The maximum absolute atomic E-state index is 11.2. The molecular formula is C20H22N2O4. The number of hydrogen-bond donors (Lipinski definition) is 1. The van der Waals surface area contributed by atoms with E-state index in [4.69, 9.17) is 9.47 Å². The molecule has 0 unspecified atom stereocenters. The number of fused-ring (bicyclic) bond motifs is 1.